The van der Waals surface area contributed by atoms with E-state index in [1.165, 1.54) is 0 Å². The molecule has 36 heavy (non-hydrogen) atoms. The Morgan fingerprint density at radius 3 is 2.11 bits per heavy atom. The summed E-state index contributed by atoms with van der Waals surface area (Å²) in [6.45, 7) is 4.08. The Morgan fingerprint density at radius 1 is 1.06 bits per heavy atom. The van der Waals surface area contributed by atoms with Gasteiger partial charge >= 0.3 is 18.4 Å². The summed E-state index contributed by atoms with van der Waals surface area (Å²) in [7, 11) is -3.63. The van der Waals surface area contributed by atoms with Crippen LogP contribution in [0, 0.1) is 0 Å². The number of sulfone groups is 1. The number of amidine groups is 1. The Hall–Kier alpha value is -2.49. The first-order valence-corrected chi connectivity index (χ1v) is 13.0. The number of fused-ring (bicyclic) bond motifs is 1. The zero-order valence-corrected chi connectivity index (χ0v) is 20.7. The minimum Gasteiger partial charge on any atom is -0.444 e. The second kappa shape index (κ2) is 9.43. The van der Waals surface area contributed by atoms with Gasteiger partial charge in [0.25, 0.3) is 5.91 Å². The lowest BCUT2D eigenvalue weighted by molar-refractivity contribution is -0.143. The van der Waals surface area contributed by atoms with E-state index in [0.29, 0.717) is 12.1 Å². The van der Waals surface area contributed by atoms with E-state index in [1.54, 1.807) is 20.8 Å². The molecule has 8 nitrogen and oxygen atoms in total. The molecule has 2 unspecified atom stereocenters. The Morgan fingerprint density at radius 2 is 1.61 bits per heavy atom. The van der Waals surface area contributed by atoms with Crippen LogP contribution in [0.3, 0.4) is 0 Å². The van der Waals surface area contributed by atoms with Crippen molar-refractivity contribution in [1.82, 2.24) is 5.32 Å². The SMILES string of the molecule is CC(C)(C)OC(=O)NCC(=O)N=C1SC2CS(=O)(=O)CC2N1c1cc(C(F)(F)F)cc(C(F)(F)F)c1. The summed E-state index contributed by atoms with van der Waals surface area (Å²) in [4.78, 5) is 28.8. The number of nitrogens with zero attached hydrogens (tertiary/aromatic N) is 2. The summed E-state index contributed by atoms with van der Waals surface area (Å²) >= 11 is 0.755. The third-order valence-corrected chi connectivity index (χ3v) is 8.13. The highest BCUT2D eigenvalue weighted by Crippen LogP contribution is 2.44. The molecule has 2 aliphatic heterocycles. The second-order valence-electron chi connectivity index (χ2n) is 9.08. The van der Waals surface area contributed by atoms with Crippen molar-refractivity contribution in [2.75, 3.05) is 23.0 Å². The lowest BCUT2D eigenvalue weighted by atomic mass is 10.1. The average Bonchev–Trinajstić information content (AvgIpc) is 3.14. The minimum atomic E-state index is -5.13. The van der Waals surface area contributed by atoms with Crippen molar-refractivity contribution in [3.63, 3.8) is 0 Å². The number of amides is 2. The van der Waals surface area contributed by atoms with Crippen LogP contribution in [0.4, 0.5) is 36.8 Å². The number of carbonyl (C=O) groups is 2. The fraction of sp³-hybridized carbons (Fsp3) is 0.550. The topological polar surface area (TPSA) is 105 Å². The molecule has 0 aromatic heterocycles. The van der Waals surface area contributed by atoms with Gasteiger partial charge < -0.3 is 15.0 Å². The maximum absolute atomic E-state index is 13.4. The smallest absolute Gasteiger partial charge is 0.416 e. The molecular weight excluding hydrogens is 540 g/mol. The molecule has 2 heterocycles. The minimum absolute atomic E-state index is 0.0533. The first-order chi connectivity index (χ1) is 16.2. The number of carbonyl (C=O) groups excluding carboxylic acids is 2. The first kappa shape index (κ1) is 28.1. The van der Waals surface area contributed by atoms with Crippen molar-refractivity contribution >= 4 is 44.5 Å². The van der Waals surface area contributed by atoms with Gasteiger partial charge in [0.1, 0.15) is 12.1 Å². The van der Waals surface area contributed by atoms with Crippen LogP contribution in [0.25, 0.3) is 0 Å². The number of aliphatic imine (C=N–C) groups is 1. The molecule has 1 N–H and O–H groups in total. The fourth-order valence-corrected chi connectivity index (χ4v) is 7.48. The Balaban J connectivity index is 1.99. The molecule has 2 saturated heterocycles. The van der Waals surface area contributed by atoms with Crippen molar-refractivity contribution in [2.45, 2.75) is 50.0 Å². The second-order valence-corrected chi connectivity index (χ2v) is 12.4. The number of hydrogen-bond acceptors (Lipinski definition) is 6. The number of nitrogens with one attached hydrogen (secondary N) is 1. The zero-order chi connectivity index (χ0) is 27.3. The molecule has 200 valence electrons. The summed E-state index contributed by atoms with van der Waals surface area (Å²) in [5.74, 6) is -1.92. The van der Waals surface area contributed by atoms with Crippen molar-refractivity contribution in [1.29, 1.82) is 0 Å². The van der Waals surface area contributed by atoms with E-state index in [-0.39, 0.29) is 11.2 Å². The fourth-order valence-electron chi connectivity index (χ4n) is 3.55. The van der Waals surface area contributed by atoms with Gasteiger partial charge in [0.05, 0.1) is 28.7 Å². The van der Waals surface area contributed by atoms with Crippen molar-refractivity contribution in [2.24, 2.45) is 4.99 Å². The lowest BCUT2D eigenvalue weighted by Gasteiger charge is -2.26. The van der Waals surface area contributed by atoms with Gasteiger partial charge in [0.15, 0.2) is 15.0 Å². The number of ether oxygens (including phenoxy) is 1. The van der Waals surface area contributed by atoms with Gasteiger partial charge in [-0.25, -0.2) is 13.2 Å². The van der Waals surface area contributed by atoms with Gasteiger partial charge in [0.2, 0.25) is 0 Å². The molecule has 3 rings (SSSR count). The monoisotopic (exact) mass is 561 g/mol. The van der Waals surface area contributed by atoms with Crippen LogP contribution < -0.4 is 10.2 Å². The Kier molecular flexibility index (Phi) is 7.36. The predicted octanol–water partition coefficient (Wildman–Crippen LogP) is 3.85. The van der Waals surface area contributed by atoms with Crippen LogP contribution in [0.2, 0.25) is 0 Å². The van der Waals surface area contributed by atoms with Crippen molar-refractivity contribution in [3.05, 3.63) is 29.3 Å². The number of alkyl halides is 6. The molecule has 2 amide bonds. The number of benzene rings is 1. The van der Waals surface area contributed by atoms with Crippen molar-refractivity contribution < 1.29 is 49.1 Å². The molecule has 0 saturated carbocycles. The molecule has 0 bridgehead atoms. The molecule has 0 aliphatic carbocycles. The highest BCUT2D eigenvalue weighted by atomic mass is 32.2. The van der Waals surface area contributed by atoms with E-state index in [1.807, 2.05) is 0 Å². The van der Waals surface area contributed by atoms with Gasteiger partial charge in [-0.15, -0.1) is 0 Å². The molecule has 1 aromatic rings. The quantitative estimate of drug-likeness (QED) is 0.559. The summed E-state index contributed by atoms with van der Waals surface area (Å²) < 4.78 is 110. The molecule has 2 atom stereocenters. The number of thioether (sulfide) groups is 1. The number of hydrogen-bond donors (Lipinski definition) is 1. The van der Waals surface area contributed by atoms with Crippen molar-refractivity contribution in [3.8, 4) is 0 Å². The highest BCUT2D eigenvalue weighted by molar-refractivity contribution is 8.16. The average molecular weight is 562 g/mol. The summed E-state index contributed by atoms with van der Waals surface area (Å²) in [6, 6.07) is -0.207. The standard InChI is InChI=1S/C20H21F6N3O5S2/c1-18(2,3)34-17(31)27-7-15(30)28-16-29(13-8-36(32,33)9-14(13)35-16)12-5-10(19(21,22)23)4-11(6-12)20(24,25)26/h4-6,13-14H,7-9H2,1-3H3,(H,27,31). The summed E-state index contributed by atoms with van der Waals surface area (Å²) in [6.07, 6.45) is -11.2. The first-order valence-electron chi connectivity index (χ1n) is 10.3. The lowest BCUT2D eigenvalue weighted by Crippen LogP contribution is -2.39. The van der Waals surface area contributed by atoms with E-state index in [4.69, 9.17) is 4.74 Å². The van der Waals surface area contributed by atoms with E-state index < -0.39 is 85.9 Å². The van der Waals surface area contributed by atoms with Crippen LogP contribution in [-0.2, 0) is 31.7 Å². The summed E-state index contributed by atoms with van der Waals surface area (Å²) in [5.41, 5.74) is -4.67. The molecule has 1 aromatic carbocycles. The van der Waals surface area contributed by atoms with Gasteiger partial charge in [-0.1, -0.05) is 11.8 Å². The highest BCUT2D eigenvalue weighted by Gasteiger charge is 2.50. The van der Waals surface area contributed by atoms with Crippen LogP contribution in [0.5, 0.6) is 0 Å². The van der Waals surface area contributed by atoms with Crippen LogP contribution >= 0.6 is 11.8 Å². The maximum Gasteiger partial charge on any atom is 0.416 e. The van der Waals surface area contributed by atoms with Crippen LogP contribution in [0.1, 0.15) is 31.9 Å². The molecule has 2 aliphatic rings. The molecular formula is C20H21F6N3O5S2. The third kappa shape index (κ3) is 6.83. The van der Waals surface area contributed by atoms with E-state index >= 15 is 0 Å². The third-order valence-electron chi connectivity index (χ3n) is 4.92. The maximum atomic E-state index is 13.4. The number of anilines is 1. The van der Waals surface area contributed by atoms with Gasteiger partial charge in [-0.05, 0) is 39.0 Å². The van der Waals surface area contributed by atoms with Gasteiger partial charge in [0, 0.05) is 10.9 Å². The number of alkyl carbamates (subject to hydrolysis) is 1. The molecule has 0 radical (unpaired) electrons. The van der Waals surface area contributed by atoms with E-state index in [2.05, 4.69) is 10.3 Å². The molecule has 16 heteroatoms. The predicted molar refractivity (Wildman–Crippen MR) is 119 cm³/mol. The van der Waals surface area contributed by atoms with Crippen LogP contribution in [0.15, 0.2) is 23.2 Å². The Labute approximate surface area is 206 Å². The largest absolute Gasteiger partial charge is 0.444 e. The van der Waals surface area contributed by atoms with Gasteiger partial charge in [-0.2, -0.15) is 31.3 Å². The van der Waals surface area contributed by atoms with E-state index in [9.17, 15) is 44.3 Å². The number of rotatable bonds is 3. The Bertz CT molecular complexity index is 1160. The molecule has 2 fully saturated rings. The van der Waals surface area contributed by atoms with E-state index in [0.717, 1.165) is 16.7 Å². The molecule has 0 spiro atoms. The zero-order valence-electron chi connectivity index (χ0n) is 19.0. The van der Waals surface area contributed by atoms with Gasteiger partial charge in [-0.3, -0.25) is 4.79 Å². The number of halogens is 6. The normalized spacial score (nSPS) is 23.0. The summed E-state index contributed by atoms with van der Waals surface area (Å²) in [5, 5.41) is 1.10. The van der Waals surface area contributed by atoms with Crippen LogP contribution in [-0.4, -0.2) is 60.5 Å².